The largest absolute Gasteiger partial charge is 0.486 e. The summed E-state index contributed by atoms with van der Waals surface area (Å²) in [5.41, 5.74) is 1.96. The van der Waals surface area contributed by atoms with Gasteiger partial charge in [0.2, 0.25) is 0 Å². The first-order chi connectivity index (χ1) is 11.9. The number of rotatable bonds is 4. The van der Waals surface area contributed by atoms with Crippen LogP contribution in [0.15, 0.2) is 48.7 Å². The van der Waals surface area contributed by atoms with Crippen LogP contribution in [0.3, 0.4) is 0 Å². The minimum Gasteiger partial charge on any atom is -0.486 e. The van der Waals surface area contributed by atoms with E-state index in [0.717, 1.165) is 41.6 Å². The Bertz CT molecular complexity index is 817. The zero-order chi connectivity index (χ0) is 16.2. The maximum Gasteiger partial charge on any atom is 0.171 e. The fourth-order valence-corrected chi connectivity index (χ4v) is 2.77. The summed E-state index contributed by atoms with van der Waals surface area (Å²) in [5.74, 6) is 2.59. The van der Waals surface area contributed by atoms with Crippen LogP contribution in [-0.2, 0) is 24.3 Å². The monoisotopic (exact) mass is 322 g/mol. The summed E-state index contributed by atoms with van der Waals surface area (Å²) in [6.07, 6.45) is 2.58. The molecule has 0 saturated heterocycles. The van der Waals surface area contributed by atoms with E-state index in [9.17, 15) is 0 Å². The first-order valence-corrected chi connectivity index (χ1v) is 8.03. The number of fused-ring (bicyclic) bond motifs is 1. The fraction of sp³-hybridized carbons (Fsp3) is 0.278. The number of hydrogen-bond acceptors (Lipinski definition) is 5. The molecule has 1 aliphatic rings. The van der Waals surface area contributed by atoms with Gasteiger partial charge in [-0.25, -0.2) is 0 Å². The van der Waals surface area contributed by atoms with Crippen molar-refractivity contribution in [3.05, 3.63) is 60.3 Å². The van der Waals surface area contributed by atoms with Gasteiger partial charge in [0.15, 0.2) is 5.82 Å². The van der Waals surface area contributed by atoms with Gasteiger partial charge in [0, 0.05) is 24.7 Å². The van der Waals surface area contributed by atoms with Crippen molar-refractivity contribution in [2.24, 2.45) is 0 Å². The number of benzene rings is 1. The maximum absolute atomic E-state index is 5.93. The molecule has 6 heteroatoms. The lowest BCUT2D eigenvalue weighted by atomic mass is 10.1. The molecule has 2 aromatic heterocycles. The van der Waals surface area contributed by atoms with Crippen LogP contribution in [0.4, 0.5) is 0 Å². The molecule has 0 unspecified atom stereocenters. The van der Waals surface area contributed by atoms with Crippen molar-refractivity contribution >= 4 is 0 Å². The van der Waals surface area contributed by atoms with Crippen LogP contribution < -0.4 is 4.74 Å². The number of aromatic nitrogens is 4. The first-order valence-electron chi connectivity index (χ1n) is 8.03. The highest BCUT2D eigenvalue weighted by molar-refractivity contribution is 5.60. The lowest BCUT2D eigenvalue weighted by molar-refractivity contribution is 0.139. The van der Waals surface area contributed by atoms with Gasteiger partial charge in [-0.1, -0.05) is 18.2 Å². The SMILES string of the molecule is c1ccc(-c2cccc(OCc3nnc4n3CCOCC4)c2)nc1. The van der Waals surface area contributed by atoms with Crippen LogP contribution in [0.1, 0.15) is 11.6 Å². The third-order valence-electron chi connectivity index (χ3n) is 4.00. The highest BCUT2D eigenvalue weighted by Gasteiger charge is 2.15. The molecule has 1 aromatic carbocycles. The third kappa shape index (κ3) is 3.14. The van der Waals surface area contributed by atoms with Gasteiger partial charge in [-0.2, -0.15) is 0 Å². The van der Waals surface area contributed by atoms with Gasteiger partial charge >= 0.3 is 0 Å². The predicted molar refractivity (Wildman–Crippen MR) is 88.6 cm³/mol. The second-order valence-electron chi connectivity index (χ2n) is 5.58. The van der Waals surface area contributed by atoms with Gasteiger partial charge in [0.25, 0.3) is 0 Å². The van der Waals surface area contributed by atoms with E-state index in [0.29, 0.717) is 19.8 Å². The average molecular weight is 322 g/mol. The minimum absolute atomic E-state index is 0.388. The van der Waals surface area contributed by atoms with Gasteiger partial charge in [-0.15, -0.1) is 10.2 Å². The summed E-state index contributed by atoms with van der Waals surface area (Å²) in [4.78, 5) is 4.37. The highest BCUT2D eigenvalue weighted by atomic mass is 16.5. The Kier molecular flexibility index (Phi) is 4.20. The summed E-state index contributed by atoms with van der Waals surface area (Å²) in [5, 5.41) is 8.49. The Morgan fingerprint density at radius 3 is 3.00 bits per heavy atom. The quantitative estimate of drug-likeness (QED) is 0.738. The lowest BCUT2D eigenvalue weighted by Gasteiger charge is -2.09. The summed E-state index contributed by atoms with van der Waals surface area (Å²) in [7, 11) is 0. The highest BCUT2D eigenvalue weighted by Crippen LogP contribution is 2.22. The molecule has 0 N–H and O–H groups in total. The summed E-state index contributed by atoms with van der Waals surface area (Å²) in [6, 6.07) is 13.8. The third-order valence-corrected chi connectivity index (χ3v) is 4.00. The minimum atomic E-state index is 0.388. The van der Waals surface area contributed by atoms with Crippen molar-refractivity contribution < 1.29 is 9.47 Å². The van der Waals surface area contributed by atoms with Crippen molar-refractivity contribution in [1.82, 2.24) is 19.7 Å². The van der Waals surface area contributed by atoms with Crippen LogP contribution in [0.25, 0.3) is 11.3 Å². The number of pyridine rings is 1. The predicted octanol–water partition coefficient (Wildman–Crippen LogP) is 2.49. The molecule has 0 bridgehead atoms. The second-order valence-corrected chi connectivity index (χ2v) is 5.58. The van der Waals surface area contributed by atoms with E-state index in [1.54, 1.807) is 6.20 Å². The van der Waals surface area contributed by atoms with E-state index in [1.807, 2.05) is 42.5 Å². The Morgan fingerprint density at radius 1 is 1.08 bits per heavy atom. The number of ether oxygens (including phenoxy) is 2. The van der Waals surface area contributed by atoms with Gasteiger partial charge in [0.05, 0.1) is 18.9 Å². The molecule has 24 heavy (non-hydrogen) atoms. The van der Waals surface area contributed by atoms with Crippen molar-refractivity contribution in [2.45, 2.75) is 19.6 Å². The Labute approximate surface area is 140 Å². The first kappa shape index (κ1) is 14.8. The van der Waals surface area contributed by atoms with Gasteiger partial charge in [-0.3, -0.25) is 4.98 Å². The van der Waals surface area contributed by atoms with Crippen LogP contribution in [0.5, 0.6) is 5.75 Å². The van der Waals surface area contributed by atoms with Crippen LogP contribution in [-0.4, -0.2) is 33.0 Å². The Hall–Kier alpha value is -2.73. The van der Waals surface area contributed by atoms with E-state index < -0.39 is 0 Å². The molecule has 0 aliphatic carbocycles. The van der Waals surface area contributed by atoms with Crippen LogP contribution >= 0.6 is 0 Å². The molecule has 1 aliphatic heterocycles. The standard InChI is InChI=1S/C18H18N4O2/c1-2-8-19-16(6-1)14-4-3-5-15(12-14)24-13-18-21-20-17-7-10-23-11-9-22(17)18/h1-6,8,12H,7,9-11,13H2. The van der Waals surface area contributed by atoms with Gasteiger partial charge in [0.1, 0.15) is 18.2 Å². The van der Waals surface area contributed by atoms with E-state index in [1.165, 1.54) is 0 Å². The van der Waals surface area contributed by atoms with Crippen molar-refractivity contribution in [1.29, 1.82) is 0 Å². The zero-order valence-corrected chi connectivity index (χ0v) is 13.3. The van der Waals surface area contributed by atoms with E-state index in [-0.39, 0.29) is 0 Å². The van der Waals surface area contributed by atoms with Crippen molar-refractivity contribution in [3.63, 3.8) is 0 Å². The molecular formula is C18H18N4O2. The molecule has 0 spiro atoms. The Morgan fingerprint density at radius 2 is 2.08 bits per heavy atom. The van der Waals surface area contributed by atoms with Gasteiger partial charge < -0.3 is 14.0 Å². The van der Waals surface area contributed by atoms with Gasteiger partial charge in [-0.05, 0) is 24.3 Å². The second kappa shape index (κ2) is 6.80. The molecule has 3 aromatic rings. The average Bonchev–Trinajstić information content (AvgIpc) is 2.87. The van der Waals surface area contributed by atoms with E-state index in [4.69, 9.17) is 9.47 Å². The van der Waals surface area contributed by atoms with Crippen LogP contribution in [0.2, 0.25) is 0 Å². The molecule has 3 heterocycles. The maximum atomic E-state index is 5.93. The molecule has 122 valence electrons. The fourth-order valence-electron chi connectivity index (χ4n) is 2.77. The number of hydrogen-bond donors (Lipinski definition) is 0. The normalized spacial score (nSPS) is 14.0. The summed E-state index contributed by atoms with van der Waals surface area (Å²) in [6.45, 7) is 2.55. The van der Waals surface area contributed by atoms with E-state index >= 15 is 0 Å². The summed E-state index contributed by atoms with van der Waals surface area (Å²) >= 11 is 0. The van der Waals surface area contributed by atoms with Crippen molar-refractivity contribution in [3.8, 4) is 17.0 Å². The topological polar surface area (TPSA) is 62.1 Å². The molecule has 0 fully saturated rings. The van der Waals surface area contributed by atoms with Crippen LogP contribution in [0, 0.1) is 0 Å². The number of nitrogens with zero attached hydrogens (tertiary/aromatic N) is 4. The summed E-state index contributed by atoms with van der Waals surface area (Å²) < 4.78 is 13.5. The molecule has 0 atom stereocenters. The molecular weight excluding hydrogens is 304 g/mol. The van der Waals surface area contributed by atoms with Crippen molar-refractivity contribution in [2.75, 3.05) is 13.2 Å². The molecule has 4 rings (SSSR count). The molecule has 0 amide bonds. The smallest absolute Gasteiger partial charge is 0.171 e. The molecule has 0 saturated carbocycles. The zero-order valence-electron chi connectivity index (χ0n) is 13.3. The molecule has 6 nitrogen and oxygen atoms in total. The van der Waals surface area contributed by atoms with E-state index in [2.05, 4.69) is 19.7 Å². The molecule has 0 radical (unpaired) electrons. The Balaban J connectivity index is 1.50. The lowest BCUT2D eigenvalue weighted by Crippen LogP contribution is -2.10.